The lowest BCUT2D eigenvalue weighted by atomic mass is 10.1. The molecule has 1 unspecified atom stereocenters. The van der Waals surface area contributed by atoms with E-state index in [-0.39, 0.29) is 6.04 Å². The second-order valence-electron chi connectivity index (χ2n) is 4.90. The lowest BCUT2D eigenvalue weighted by Gasteiger charge is -2.16. The van der Waals surface area contributed by atoms with Crippen LogP contribution in [0, 0.1) is 6.92 Å². The molecule has 20 heavy (non-hydrogen) atoms. The van der Waals surface area contributed by atoms with E-state index in [0.717, 1.165) is 23.4 Å². The Kier molecular flexibility index (Phi) is 5.02. The van der Waals surface area contributed by atoms with Crippen LogP contribution in [0.4, 0.5) is 0 Å². The van der Waals surface area contributed by atoms with E-state index in [0.29, 0.717) is 12.4 Å². The van der Waals surface area contributed by atoms with Gasteiger partial charge in [0.15, 0.2) is 0 Å². The van der Waals surface area contributed by atoms with Gasteiger partial charge in [0.05, 0.1) is 0 Å². The molecule has 0 bridgehead atoms. The standard InChI is InChI=1S/C17H21NO2/c1-13-8-9-16(17(19)12-13)14(2)18-10-11-20-15-6-4-3-5-7-15/h3-9,12,14,18-19H,10-11H2,1-2H3. The molecule has 2 N–H and O–H groups in total. The van der Waals surface area contributed by atoms with Gasteiger partial charge in [-0.05, 0) is 37.6 Å². The second-order valence-corrected chi connectivity index (χ2v) is 4.90. The lowest BCUT2D eigenvalue weighted by Crippen LogP contribution is -2.24. The Balaban J connectivity index is 1.79. The van der Waals surface area contributed by atoms with E-state index in [1.165, 1.54) is 0 Å². The van der Waals surface area contributed by atoms with E-state index in [1.54, 1.807) is 6.07 Å². The van der Waals surface area contributed by atoms with Gasteiger partial charge in [0.2, 0.25) is 0 Å². The van der Waals surface area contributed by atoms with Crippen molar-refractivity contribution < 1.29 is 9.84 Å². The zero-order valence-corrected chi connectivity index (χ0v) is 12.0. The number of hydrogen-bond donors (Lipinski definition) is 2. The Morgan fingerprint density at radius 2 is 1.90 bits per heavy atom. The normalized spacial score (nSPS) is 12.1. The van der Waals surface area contributed by atoms with Crippen molar-refractivity contribution in [2.24, 2.45) is 0 Å². The number of rotatable bonds is 6. The first-order valence-electron chi connectivity index (χ1n) is 6.87. The van der Waals surface area contributed by atoms with Crippen molar-refractivity contribution in [3.8, 4) is 11.5 Å². The minimum atomic E-state index is 0.0926. The third-order valence-corrected chi connectivity index (χ3v) is 3.22. The van der Waals surface area contributed by atoms with E-state index in [4.69, 9.17) is 4.74 Å². The third kappa shape index (κ3) is 4.00. The van der Waals surface area contributed by atoms with Crippen LogP contribution in [0.5, 0.6) is 11.5 Å². The summed E-state index contributed by atoms with van der Waals surface area (Å²) in [5.41, 5.74) is 1.97. The summed E-state index contributed by atoms with van der Waals surface area (Å²) in [7, 11) is 0. The Hall–Kier alpha value is -2.00. The molecule has 1 atom stereocenters. The molecule has 106 valence electrons. The summed E-state index contributed by atoms with van der Waals surface area (Å²) >= 11 is 0. The molecule has 0 fully saturated rings. The van der Waals surface area contributed by atoms with Gasteiger partial charge in [0, 0.05) is 18.2 Å². The number of phenols is 1. The van der Waals surface area contributed by atoms with E-state index in [1.807, 2.05) is 56.3 Å². The van der Waals surface area contributed by atoms with Crippen LogP contribution in [0.15, 0.2) is 48.5 Å². The second kappa shape index (κ2) is 6.96. The SMILES string of the molecule is Cc1ccc(C(C)NCCOc2ccccc2)c(O)c1. The monoisotopic (exact) mass is 271 g/mol. The molecule has 0 saturated carbocycles. The molecule has 0 radical (unpaired) electrons. The molecule has 0 heterocycles. The summed E-state index contributed by atoms with van der Waals surface area (Å²) < 4.78 is 5.62. The van der Waals surface area contributed by atoms with E-state index >= 15 is 0 Å². The summed E-state index contributed by atoms with van der Waals surface area (Å²) in [5, 5.41) is 13.3. The fourth-order valence-corrected chi connectivity index (χ4v) is 2.09. The van der Waals surface area contributed by atoms with Crippen molar-refractivity contribution in [1.82, 2.24) is 5.32 Å². The van der Waals surface area contributed by atoms with Gasteiger partial charge in [-0.15, -0.1) is 0 Å². The van der Waals surface area contributed by atoms with Crippen molar-refractivity contribution >= 4 is 0 Å². The highest BCUT2D eigenvalue weighted by atomic mass is 16.5. The molecular formula is C17H21NO2. The summed E-state index contributed by atoms with van der Waals surface area (Å²) in [6.07, 6.45) is 0. The molecule has 0 aliphatic heterocycles. The van der Waals surface area contributed by atoms with Gasteiger partial charge >= 0.3 is 0 Å². The van der Waals surface area contributed by atoms with Crippen molar-refractivity contribution in [3.05, 3.63) is 59.7 Å². The minimum absolute atomic E-state index is 0.0926. The maximum atomic E-state index is 9.93. The fraction of sp³-hybridized carbons (Fsp3) is 0.294. The first kappa shape index (κ1) is 14.4. The minimum Gasteiger partial charge on any atom is -0.508 e. The molecule has 2 rings (SSSR count). The molecule has 2 aromatic carbocycles. The number of aromatic hydroxyl groups is 1. The van der Waals surface area contributed by atoms with Gasteiger partial charge in [0.1, 0.15) is 18.1 Å². The summed E-state index contributed by atoms with van der Waals surface area (Å²) in [6, 6.07) is 15.6. The predicted octanol–water partition coefficient (Wildman–Crippen LogP) is 3.43. The Labute approximate surface area is 120 Å². The molecular weight excluding hydrogens is 250 g/mol. The zero-order chi connectivity index (χ0) is 14.4. The number of ether oxygens (including phenoxy) is 1. The first-order valence-corrected chi connectivity index (χ1v) is 6.87. The first-order chi connectivity index (χ1) is 9.66. The quantitative estimate of drug-likeness (QED) is 0.791. The van der Waals surface area contributed by atoms with Gasteiger partial charge in [0.25, 0.3) is 0 Å². The largest absolute Gasteiger partial charge is 0.508 e. The molecule has 0 aromatic heterocycles. The van der Waals surface area contributed by atoms with Gasteiger partial charge < -0.3 is 15.2 Å². The molecule has 0 aliphatic rings. The number of nitrogens with one attached hydrogen (secondary N) is 1. The number of benzene rings is 2. The van der Waals surface area contributed by atoms with Gasteiger partial charge in [-0.2, -0.15) is 0 Å². The van der Waals surface area contributed by atoms with Crippen molar-refractivity contribution in [1.29, 1.82) is 0 Å². The van der Waals surface area contributed by atoms with E-state index in [2.05, 4.69) is 5.32 Å². The molecule has 0 amide bonds. The molecule has 0 saturated heterocycles. The number of aryl methyl sites for hydroxylation is 1. The van der Waals surface area contributed by atoms with Crippen LogP contribution in [0.25, 0.3) is 0 Å². The van der Waals surface area contributed by atoms with E-state index < -0.39 is 0 Å². The van der Waals surface area contributed by atoms with Crippen LogP contribution in [0.3, 0.4) is 0 Å². The molecule has 0 aliphatic carbocycles. The van der Waals surface area contributed by atoms with Gasteiger partial charge in [-0.25, -0.2) is 0 Å². The Bertz CT molecular complexity index is 540. The molecule has 3 heteroatoms. The summed E-state index contributed by atoms with van der Waals surface area (Å²) in [5.74, 6) is 1.22. The average molecular weight is 271 g/mol. The van der Waals surface area contributed by atoms with Crippen LogP contribution in [0.2, 0.25) is 0 Å². The van der Waals surface area contributed by atoms with Gasteiger partial charge in [-0.3, -0.25) is 0 Å². The molecule has 0 spiro atoms. The molecule has 3 nitrogen and oxygen atoms in total. The van der Waals surface area contributed by atoms with E-state index in [9.17, 15) is 5.11 Å². The lowest BCUT2D eigenvalue weighted by molar-refractivity contribution is 0.306. The third-order valence-electron chi connectivity index (χ3n) is 3.22. The van der Waals surface area contributed by atoms with Crippen LogP contribution in [0.1, 0.15) is 24.1 Å². The topological polar surface area (TPSA) is 41.5 Å². The summed E-state index contributed by atoms with van der Waals surface area (Å²) in [4.78, 5) is 0. The fourth-order valence-electron chi connectivity index (χ4n) is 2.09. The number of para-hydroxylation sites is 1. The number of hydrogen-bond acceptors (Lipinski definition) is 3. The van der Waals surface area contributed by atoms with Crippen molar-refractivity contribution in [2.45, 2.75) is 19.9 Å². The van der Waals surface area contributed by atoms with Crippen LogP contribution in [-0.4, -0.2) is 18.3 Å². The Morgan fingerprint density at radius 1 is 1.15 bits per heavy atom. The smallest absolute Gasteiger partial charge is 0.120 e. The molecule has 2 aromatic rings. The Morgan fingerprint density at radius 3 is 2.60 bits per heavy atom. The van der Waals surface area contributed by atoms with Crippen LogP contribution >= 0.6 is 0 Å². The zero-order valence-electron chi connectivity index (χ0n) is 12.0. The highest BCUT2D eigenvalue weighted by molar-refractivity contribution is 5.37. The highest BCUT2D eigenvalue weighted by Crippen LogP contribution is 2.24. The van der Waals surface area contributed by atoms with Crippen molar-refractivity contribution in [2.75, 3.05) is 13.2 Å². The maximum Gasteiger partial charge on any atom is 0.120 e. The maximum absolute atomic E-state index is 9.93. The highest BCUT2D eigenvalue weighted by Gasteiger charge is 2.09. The van der Waals surface area contributed by atoms with Crippen LogP contribution < -0.4 is 10.1 Å². The van der Waals surface area contributed by atoms with Crippen LogP contribution in [-0.2, 0) is 0 Å². The summed E-state index contributed by atoms with van der Waals surface area (Å²) in [6.45, 7) is 5.33. The average Bonchev–Trinajstić information content (AvgIpc) is 2.44. The predicted molar refractivity (Wildman–Crippen MR) is 81.2 cm³/mol. The van der Waals surface area contributed by atoms with Crippen molar-refractivity contribution in [3.63, 3.8) is 0 Å². The number of phenolic OH excluding ortho intramolecular Hbond substituents is 1. The van der Waals surface area contributed by atoms with Gasteiger partial charge in [-0.1, -0.05) is 30.3 Å².